The third kappa shape index (κ3) is 5.92. The van der Waals surface area contributed by atoms with Crippen LogP contribution in [0.5, 0.6) is 11.5 Å². The highest BCUT2D eigenvalue weighted by Gasteiger charge is 2.30. The van der Waals surface area contributed by atoms with Crippen LogP contribution in [0.25, 0.3) is 6.08 Å². The first-order valence-corrected chi connectivity index (χ1v) is 12.3. The Morgan fingerprint density at radius 1 is 1.00 bits per heavy atom. The molecule has 1 heterocycles. The molecule has 0 aliphatic carbocycles. The van der Waals surface area contributed by atoms with Crippen LogP contribution in [0.15, 0.2) is 76.6 Å². The third-order valence-corrected chi connectivity index (χ3v) is 6.50. The molecule has 7 heteroatoms. The van der Waals surface area contributed by atoms with E-state index in [-0.39, 0.29) is 18.3 Å². The lowest BCUT2D eigenvalue weighted by molar-refractivity contribution is -0.121. The molecule has 1 saturated heterocycles. The highest BCUT2D eigenvalue weighted by atomic mass is 32.2. The van der Waals surface area contributed by atoms with Gasteiger partial charge < -0.3 is 9.47 Å². The van der Waals surface area contributed by atoms with Crippen molar-refractivity contribution in [3.05, 3.63) is 94.1 Å². The van der Waals surface area contributed by atoms with Gasteiger partial charge in [-0.1, -0.05) is 43.3 Å². The van der Waals surface area contributed by atoms with Gasteiger partial charge in [0.15, 0.2) is 16.7 Å². The van der Waals surface area contributed by atoms with Crippen molar-refractivity contribution in [1.82, 2.24) is 4.90 Å². The fourth-order valence-corrected chi connectivity index (χ4v) is 4.59. The molecule has 0 atom stereocenters. The zero-order chi connectivity index (χ0) is 24.8. The van der Waals surface area contributed by atoms with E-state index in [4.69, 9.17) is 14.5 Å². The number of para-hydroxylation sites is 1. The summed E-state index contributed by atoms with van der Waals surface area (Å²) in [4.78, 5) is 19.8. The number of aliphatic imine (C=N–C) groups is 1. The van der Waals surface area contributed by atoms with Crippen molar-refractivity contribution >= 4 is 34.6 Å². The molecule has 4 rings (SSSR count). The largest absolute Gasteiger partial charge is 0.490 e. The summed E-state index contributed by atoms with van der Waals surface area (Å²) in [7, 11) is 1.73. The average Bonchev–Trinajstić information content (AvgIpc) is 3.12. The molecular formula is C28H27FN2O3S. The number of aryl methyl sites for hydroxylation is 1. The SMILES string of the molecule is CCOc1cc(/C=C2/SC(=Nc3ccccc3CC)N(C)C2=O)ccc1OCc1cccc(F)c1. The van der Waals surface area contributed by atoms with Crippen LogP contribution >= 0.6 is 11.8 Å². The number of amidine groups is 1. The van der Waals surface area contributed by atoms with E-state index < -0.39 is 0 Å². The zero-order valence-corrected chi connectivity index (χ0v) is 20.8. The molecule has 0 aromatic heterocycles. The molecule has 0 radical (unpaired) electrons. The molecule has 3 aromatic rings. The number of carbonyl (C=O) groups excluding carboxylic acids is 1. The molecule has 1 amide bonds. The second kappa shape index (κ2) is 11.2. The summed E-state index contributed by atoms with van der Waals surface area (Å²) in [5.74, 6) is 0.710. The lowest BCUT2D eigenvalue weighted by atomic mass is 10.1. The lowest BCUT2D eigenvalue weighted by Gasteiger charge is -2.13. The topological polar surface area (TPSA) is 51.1 Å². The maximum atomic E-state index is 13.5. The summed E-state index contributed by atoms with van der Waals surface area (Å²) in [6.07, 6.45) is 2.70. The molecule has 0 spiro atoms. The minimum absolute atomic E-state index is 0.105. The minimum Gasteiger partial charge on any atom is -0.490 e. The van der Waals surface area contributed by atoms with Crippen LogP contribution in [0, 0.1) is 5.82 Å². The van der Waals surface area contributed by atoms with Crippen LogP contribution in [-0.2, 0) is 17.8 Å². The predicted octanol–water partition coefficient (Wildman–Crippen LogP) is 6.60. The summed E-state index contributed by atoms with van der Waals surface area (Å²) >= 11 is 1.35. The number of benzene rings is 3. The first kappa shape index (κ1) is 24.5. The molecule has 0 saturated carbocycles. The molecule has 0 bridgehead atoms. The van der Waals surface area contributed by atoms with E-state index in [1.165, 1.54) is 23.9 Å². The van der Waals surface area contributed by atoms with E-state index in [9.17, 15) is 9.18 Å². The number of amides is 1. The molecular weight excluding hydrogens is 463 g/mol. The summed E-state index contributed by atoms with van der Waals surface area (Å²) < 4.78 is 25.1. The van der Waals surface area contributed by atoms with Gasteiger partial charge in [-0.05, 0) is 78.2 Å². The molecule has 180 valence electrons. The maximum absolute atomic E-state index is 13.5. The normalized spacial score (nSPS) is 15.8. The first-order valence-electron chi connectivity index (χ1n) is 11.5. The second-order valence-corrected chi connectivity index (χ2v) is 8.92. The molecule has 35 heavy (non-hydrogen) atoms. The fourth-order valence-electron chi connectivity index (χ4n) is 3.61. The van der Waals surface area contributed by atoms with Crippen molar-refractivity contribution in [1.29, 1.82) is 0 Å². The Morgan fingerprint density at radius 2 is 1.83 bits per heavy atom. The summed E-state index contributed by atoms with van der Waals surface area (Å²) in [5.41, 5.74) is 3.54. The van der Waals surface area contributed by atoms with Crippen LogP contribution < -0.4 is 9.47 Å². The average molecular weight is 491 g/mol. The van der Waals surface area contributed by atoms with Gasteiger partial charge in [0.1, 0.15) is 12.4 Å². The van der Waals surface area contributed by atoms with Crippen LogP contribution in [0.4, 0.5) is 10.1 Å². The molecule has 3 aromatic carbocycles. The summed E-state index contributed by atoms with van der Waals surface area (Å²) in [6.45, 7) is 4.66. The summed E-state index contributed by atoms with van der Waals surface area (Å²) in [5, 5.41) is 0.641. The molecule has 1 aliphatic heterocycles. The molecule has 1 fully saturated rings. The van der Waals surface area contributed by atoms with Gasteiger partial charge in [-0.3, -0.25) is 9.69 Å². The van der Waals surface area contributed by atoms with E-state index in [2.05, 4.69) is 6.92 Å². The Morgan fingerprint density at radius 3 is 2.60 bits per heavy atom. The van der Waals surface area contributed by atoms with E-state index in [1.807, 2.05) is 49.4 Å². The van der Waals surface area contributed by atoms with Crippen molar-refractivity contribution in [3.63, 3.8) is 0 Å². The number of hydrogen-bond acceptors (Lipinski definition) is 5. The third-order valence-electron chi connectivity index (χ3n) is 5.44. The molecule has 5 nitrogen and oxygen atoms in total. The first-order chi connectivity index (χ1) is 17.0. The number of carbonyl (C=O) groups is 1. The van der Waals surface area contributed by atoms with Crippen molar-refractivity contribution in [2.45, 2.75) is 26.9 Å². The van der Waals surface area contributed by atoms with Gasteiger partial charge in [-0.25, -0.2) is 9.38 Å². The summed E-state index contributed by atoms with van der Waals surface area (Å²) in [6, 6.07) is 19.8. The number of nitrogens with zero attached hydrogens (tertiary/aromatic N) is 2. The molecule has 0 unspecified atom stereocenters. The quantitative estimate of drug-likeness (QED) is 0.334. The van der Waals surface area contributed by atoms with Gasteiger partial charge in [0, 0.05) is 7.05 Å². The van der Waals surface area contributed by atoms with Crippen molar-refractivity contribution < 1.29 is 18.7 Å². The smallest absolute Gasteiger partial charge is 0.266 e. The van der Waals surface area contributed by atoms with Crippen molar-refractivity contribution in [2.24, 2.45) is 4.99 Å². The number of rotatable bonds is 8. The fraction of sp³-hybridized carbons (Fsp3) is 0.214. The zero-order valence-electron chi connectivity index (χ0n) is 20.0. The maximum Gasteiger partial charge on any atom is 0.266 e. The van der Waals surface area contributed by atoms with Crippen LogP contribution in [0.2, 0.25) is 0 Å². The van der Waals surface area contributed by atoms with Gasteiger partial charge >= 0.3 is 0 Å². The van der Waals surface area contributed by atoms with Crippen molar-refractivity contribution in [3.8, 4) is 11.5 Å². The number of hydrogen-bond donors (Lipinski definition) is 0. The minimum atomic E-state index is -0.303. The Hall–Kier alpha value is -3.58. The van der Waals surface area contributed by atoms with E-state index >= 15 is 0 Å². The van der Waals surface area contributed by atoms with E-state index in [1.54, 1.807) is 30.1 Å². The second-order valence-electron chi connectivity index (χ2n) is 7.91. The Labute approximate surface area is 209 Å². The van der Waals surface area contributed by atoms with Gasteiger partial charge in [0.25, 0.3) is 5.91 Å². The van der Waals surface area contributed by atoms with Crippen LogP contribution in [-0.4, -0.2) is 29.6 Å². The van der Waals surface area contributed by atoms with Gasteiger partial charge in [0.05, 0.1) is 17.2 Å². The lowest BCUT2D eigenvalue weighted by Crippen LogP contribution is -2.23. The van der Waals surface area contributed by atoms with E-state index in [0.717, 1.165) is 28.8 Å². The van der Waals surface area contributed by atoms with Crippen LogP contribution in [0.1, 0.15) is 30.5 Å². The Bertz CT molecular complexity index is 1290. The number of thioether (sulfide) groups is 1. The van der Waals surface area contributed by atoms with Crippen LogP contribution in [0.3, 0.4) is 0 Å². The monoisotopic (exact) mass is 490 g/mol. The number of likely N-dealkylation sites (N-methyl/N-ethyl adjacent to an activating group) is 1. The number of halogens is 1. The highest BCUT2D eigenvalue weighted by Crippen LogP contribution is 2.36. The number of ether oxygens (including phenoxy) is 2. The van der Waals surface area contributed by atoms with Gasteiger partial charge in [-0.2, -0.15) is 0 Å². The molecule has 0 N–H and O–H groups in total. The predicted molar refractivity (Wildman–Crippen MR) is 140 cm³/mol. The Balaban J connectivity index is 1.55. The highest BCUT2D eigenvalue weighted by molar-refractivity contribution is 8.18. The Kier molecular flexibility index (Phi) is 7.87. The van der Waals surface area contributed by atoms with Gasteiger partial charge in [0.2, 0.25) is 0 Å². The van der Waals surface area contributed by atoms with Crippen molar-refractivity contribution in [2.75, 3.05) is 13.7 Å². The standard InChI is InChI=1S/C28H27FN2O3S/c1-4-21-10-6-7-12-23(21)30-28-31(3)27(32)26(35-28)17-19-13-14-24(25(16-19)33-5-2)34-18-20-9-8-11-22(29)15-20/h6-17H,4-5,18H2,1-3H3/b26-17+,30-28?. The van der Waals surface area contributed by atoms with Gasteiger partial charge in [-0.15, -0.1) is 0 Å². The molecule has 1 aliphatic rings. The van der Waals surface area contributed by atoms with E-state index in [0.29, 0.717) is 28.2 Å².